The van der Waals surface area contributed by atoms with Crippen molar-refractivity contribution >= 4 is 51.1 Å². The Morgan fingerprint density at radius 2 is 1.55 bits per heavy atom. The normalized spacial score (nSPS) is 15.3. The second-order valence-electron chi connectivity index (χ2n) is 7.18. The Hall–Kier alpha value is -3.30. The van der Waals surface area contributed by atoms with E-state index in [9.17, 15) is 14.4 Å². The minimum Gasteiger partial charge on any atom is -0.497 e. The van der Waals surface area contributed by atoms with Crippen LogP contribution in [0.3, 0.4) is 0 Å². The monoisotopic (exact) mass is 525 g/mol. The Morgan fingerprint density at radius 3 is 2.18 bits per heavy atom. The lowest BCUT2D eigenvalue weighted by Crippen LogP contribution is -2.44. The minimum absolute atomic E-state index is 0.162. The van der Waals surface area contributed by atoms with E-state index in [-0.39, 0.29) is 22.9 Å². The number of nitrogens with zero attached hydrogens (tertiary/aromatic N) is 1. The van der Waals surface area contributed by atoms with Gasteiger partial charge in [0.05, 0.1) is 12.9 Å². The van der Waals surface area contributed by atoms with Crippen LogP contribution in [0.4, 0.5) is 5.69 Å². The quantitative estimate of drug-likeness (QED) is 0.489. The Balaban J connectivity index is 1.40. The molecule has 1 unspecified atom stereocenters. The molecule has 4 rings (SSSR count). The summed E-state index contributed by atoms with van der Waals surface area (Å²) in [7, 11) is 1.56. The molecule has 1 saturated heterocycles. The molecule has 0 aliphatic carbocycles. The third-order valence-electron chi connectivity index (χ3n) is 5.00. The summed E-state index contributed by atoms with van der Waals surface area (Å²) in [5.41, 5.74) is 5.05. The number of anilines is 1. The Bertz CT molecular complexity index is 1170. The fourth-order valence-corrected chi connectivity index (χ4v) is 4.62. The molecule has 0 radical (unpaired) electrons. The summed E-state index contributed by atoms with van der Waals surface area (Å²) in [6.07, 6.45) is 0. The number of hydrazine groups is 1. The van der Waals surface area contributed by atoms with Crippen molar-refractivity contribution in [2.45, 2.75) is 5.37 Å². The summed E-state index contributed by atoms with van der Waals surface area (Å²) in [5, 5.41) is 3.87. The molecule has 0 bridgehead atoms. The van der Waals surface area contributed by atoms with E-state index in [1.807, 2.05) is 24.3 Å². The zero-order valence-electron chi connectivity index (χ0n) is 17.6. The van der Waals surface area contributed by atoms with Crippen LogP contribution in [0.15, 0.2) is 77.3 Å². The van der Waals surface area contributed by atoms with Gasteiger partial charge in [-0.15, -0.1) is 11.8 Å². The summed E-state index contributed by atoms with van der Waals surface area (Å²) in [6.45, 7) is 0. The average Bonchev–Trinajstić information content (AvgIpc) is 3.20. The van der Waals surface area contributed by atoms with Gasteiger partial charge in [-0.2, -0.15) is 0 Å². The van der Waals surface area contributed by atoms with Crippen molar-refractivity contribution in [1.29, 1.82) is 0 Å². The van der Waals surface area contributed by atoms with Gasteiger partial charge in [-0.1, -0.05) is 28.1 Å². The van der Waals surface area contributed by atoms with E-state index in [1.165, 1.54) is 16.8 Å². The molecule has 3 amide bonds. The molecule has 3 aromatic rings. The number of rotatable bonds is 6. The average molecular weight is 526 g/mol. The van der Waals surface area contributed by atoms with Crippen molar-refractivity contribution in [3.63, 3.8) is 0 Å². The Morgan fingerprint density at radius 1 is 0.939 bits per heavy atom. The number of carbonyl (C=O) groups excluding carboxylic acids is 3. The summed E-state index contributed by atoms with van der Waals surface area (Å²) in [5.74, 6) is 0.119. The predicted molar refractivity (Wildman–Crippen MR) is 131 cm³/mol. The van der Waals surface area contributed by atoms with Crippen LogP contribution < -0.4 is 15.5 Å². The third-order valence-corrected chi connectivity index (χ3v) is 6.74. The largest absolute Gasteiger partial charge is 0.497 e. The first-order valence-electron chi connectivity index (χ1n) is 10.00. The van der Waals surface area contributed by atoms with Gasteiger partial charge in [-0.3, -0.25) is 19.8 Å². The molecule has 2 N–H and O–H groups in total. The zero-order chi connectivity index (χ0) is 23.4. The zero-order valence-corrected chi connectivity index (χ0v) is 20.0. The molecule has 0 aromatic heterocycles. The number of thioether (sulfide) groups is 1. The second-order valence-corrected chi connectivity index (χ2v) is 9.16. The van der Waals surface area contributed by atoms with E-state index in [0.717, 1.165) is 10.0 Å². The molecule has 168 valence electrons. The Labute approximate surface area is 203 Å². The molecule has 3 aromatic carbocycles. The van der Waals surface area contributed by atoms with Crippen molar-refractivity contribution in [3.05, 3.63) is 94.0 Å². The van der Waals surface area contributed by atoms with Crippen LogP contribution in [0.5, 0.6) is 5.75 Å². The Kier molecular flexibility index (Phi) is 7.00. The predicted octanol–water partition coefficient (Wildman–Crippen LogP) is 4.63. The van der Waals surface area contributed by atoms with Crippen molar-refractivity contribution in [2.75, 3.05) is 18.2 Å². The number of benzene rings is 3. The fourth-order valence-electron chi connectivity index (χ4n) is 3.24. The lowest BCUT2D eigenvalue weighted by Gasteiger charge is -2.24. The second kappa shape index (κ2) is 10.1. The summed E-state index contributed by atoms with van der Waals surface area (Å²) in [6, 6.07) is 20.9. The van der Waals surface area contributed by atoms with Crippen LogP contribution in [0.2, 0.25) is 0 Å². The highest BCUT2D eigenvalue weighted by Crippen LogP contribution is 2.37. The van der Waals surface area contributed by atoms with Crippen molar-refractivity contribution < 1.29 is 19.1 Å². The fraction of sp³-hybridized carbons (Fsp3) is 0.125. The van der Waals surface area contributed by atoms with Gasteiger partial charge in [0.1, 0.15) is 11.1 Å². The maximum atomic E-state index is 12.8. The molecule has 1 aliphatic rings. The van der Waals surface area contributed by atoms with Gasteiger partial charge in [0.15, 0.2) is 0 Å². The molecule has 7 nitrogen and oxygen atoms in total. The van der Waals surface area contributed by atoms with E-state index in [2.05, 4.69) is 26.7 Å². The van der Waals surface area contributed by atoms with Crippen LogP contribution in [-0.2, 0) is 4.79 Å². The number of hydrogen-bond acceptors (Lipinski definition) is 5. The number of amides is 3. The van der Waals surface area contributed by atoms with Crippen LogP contribution in [0, 0.1) is 0 Å². The molecule has 0 spiro atoms. The molecule has 1 aliphatic heterocycles. The molecule has 1 atom stereocenters. The number of ether oxygens (including phenoxy) is 1. The number of carbonyl (C=O) groups is 3. The molecular formula is C24H20BrN3O4S. The van der Waals surface area contributed by atoms with Gasteiger partial charge < -0.3 is 10.1 Å². The van der Waals surface area contributed by atoms with Crippen molar-refractivity contribution in [2.24, 2.45) is 0 Å². The van der Waals surface area contributed by atoms with E-state index in [0.29, 0.717) is 22.6 Å². The van der Waals surface area contributed by atoms with E-state index in [4.69, 9.17) is 4.74 Å². The summed E-state index contributed by atoms with van der Waals surface area (Å²) < 4.78 is 6.04. The maximum absolute atomic E-state index is 12.8. The van der Waals surface area contributed by atoms with Crippen molar-refractivity contribution in [3.8, 4) is 5.75 Å². The summed E-state index contributed by atoms with van der Waals surface area (Å²) in [4.78, 5) is 37.5. The third kappa shape index (κ3) is 5.37. The van der Waals surface area contributed by atoms with Crippen molar-refractivity contribution in [1.82, 2.24) is 10.4 Å². The van der Waals surface area contributed by atoms with Crippen LogP contribution in [0.25, 0.3) is 0 Å². The number of halogens is 1. The highest BCUT2D eigenvalue weighted by molar-refractivity contribution is 9.10. The maximum Gasteiger partial charge on any atom is 0.269 e. The number of hydrogen-bond donors (Lipinski definition) is 2. The molecular weight excluding hydrogens is 506 g/mol. The molecule has 9 heteroatoms. The van der Waals surface area contributed by atoms with Gasteiger partial charge in [-0.25, -0.2) is 5.01 Å². The van der Waals surface area contributed by atoms with E-state index < -0.39 is 5.91 Å². The van der Waals surface area contributed by atoms with E-state index in [1.54, 1.807) is 55.6 Å². The lowest BCUT2D eigenvalue weighted by atomic mass is 10.1. The molecule has 1 heterocycles. The molecule has 1 fully saturated rings. The first-order valence-corrected chi connectivity index (χ1v) is 11.8. The first-order chi connectivity index (χ1) is 15.9. The standard InChI is InChI=1S/C24H20BrN3O4S/c1-32-20-12-6-15(7-13-20)22(30)26-19-10-4-16(5-11-19)23(31)27-28-21(29)14-33-24(28)17-2-8-18(25)9-3-17/h2-13,24H,14H2,1H3,(H,26,30)(H,27,31). The van der Waals surface area contributed by atoms with Gasteiger partial charge >= 0.3 is 0 Å². The SMILES string of the molecule is COc1ccc(C(=O)Nc2ccc(C(=O)NN3C(=O)CSC3c3ccc(Br)cc3)cc2)cc1. The van der Waals surface area contributed by atoms with Crippen LogP contribution in [-0.4, -0.2) is 35.6 Å². The highest BCUT2D eigenvalue weighted by atomic mass is 79.9. The van der Waals surface area contributed by atoms with Crippen LogP contribution >= 0.6 is 27.7 Å². The van der Waals surface area contributed by atoms with Crippen LogP contribution in [0.1, 0.15) is 31.7 Å². The minimum atomic E-state index is -0.402. The topological polar surface area (TPSA) is 87.7 Å². The van der Waals surface area contributed by atoms with E-state index >= 15 is 0 Å². The number of methoxy groups -OCH3 is 1. The first kappa shape index (κ1) is 22.9. The molecule has 33 heavy (non-hydrogen) atoms. The van der Waals surface area contributed by atoms with Gasteiger partial charge in [0, 0.05) is 21.3 Å². The highest BCUT2D eigenvalue weighted by Gasteiger charge is 2.34. The van der Waals surface area contributed by atoms with Gasteiger partial charge in [0.25, 0.3) is 17.7 Å². The number of nitrogens with one attached hydrogen (secondary N) is 2. The van der Waals surface area contributed by atoms with Gasteiger partial charge in [-0.05, 0) is 66.2 Å². The lowest BCUT2D eigenvalue weighted by molar-refractivity contribution is -0.130. The summed E-state index contributed by atoms with van der Waals surface area (Å²) >= 11 is 4.86. The van der Waals surface area contributed by atoms with Gasteiger partial charge in [0.2, 0.25) is 0 Å². The smallest absolute Gasteiger partial charge is 0.269 e. The molecule has 0 saturated carbocycles.